The molecule has 1 nitrogen and oxygen atoms in total. The summed E-state index contributed by atoms with van der Waals surface area (Å²) in [6, 6.07) is 63.1. The topological polar surface area (TPSA) is 3.24 Å². The third kappa shape index (κ3) is 4.92. The lowest BCUT2D eigenvalue weighted by atomic mass is 9.67. The molecule has 0 radical (unpaired) electrons. The van der Waals surface area contributed by atoms with Gasteiger partial charge in [-0.05, 0) is 80.9 Å². The Bertz CT molecular complexity index is 2820. The van der Waals surface area contributed by atoms with Gasteiger partial charge in [0.25, 0.3) is 0 Å². The molecule has 3 aliphatic carbocycles. The minimum Gasteiger partial charge on any atom is -0.314 e. The summed E-state index contributed by atoms with van der Waals surface area (Å²) in [7, 11) is 0. The molecule has 260 valence electrons. The molecule has 0 aliphatic heterocycles. The van der Waals surface area contributed by atoms with E-state index < -0.39 is 5.41 Å². The van der Waals surface area contributed by atoms with Crippen LogP contribution in [-0.4, -0.2) is 0 Å². The third-order valence-electron chi connectivity index (χ3n) is 11.9. The number of thiophene rings is 1. The quantitative estimate of drug-likeness (QED) is 0.165. The molecule has 0 saturated heterocycles. The summed E-state index contributed by atoms with van der Waals surface area (Å²) < 4.78 is 2.67. The van der Waals surface area contributed by atoms with E-state index in [0.717, 1.165) is 11.4 Å². The molecule has 3 aliphatic rings. The molecule has 0 bridgehead atoms. The molecule has 8 aromatic rings. The van der Waals surface area contributed by atoms with Crippen LogP contribution < -0.4 is 4.90 Å². The Morgan fingerprint density at radius 3 is 1.80 bits per heavy atom. The number of allylic oxidation sites excluding steroid dienone is 7. The number of anilines is 2. The van der Waals surface area contributed by atoms with E-state index in [0.29, 0.717) is 5.92 Å². The Morgan fingerprint density at radius 1 is 0.455 bits per heavy atom. The molecular weight excluding hydrogens is 683 g/mol. The largest absolute Gasteiger partial charge is 0.314 e. The molecule has 2 heteroatoms. The maximum absolute atomic E-state index is 2.48. The monoisotopic (exact) mass is 719 g/mol. The van der Waals surface area contributed by atoms with Crippen LogP contribution in [0.3, 0.4) is 0 Å². The average molecular weight is 720 g/mol. The van der Waals surface area contributed by atoms with E-state index in [1.54, 1.807) is 0 Å². The van der Waals surface area contributed by atoms with Crippen molar-refractivity contribution in [1.29, 1.82) is 0 Å². The molecule has 0 saturated carbocycles. The summed E-state index contributed by atoms with van der Waals surface area (Å²) in [6.07, 6.45) is 15.9. The first-order chi connectivity index (χ1) is 27.3. The molecule has 2 unspecified atom stereocenters. The lowest BCUT2D eigenvalue weighted by Gasteiger charge is -2.37. The summed E-state index contributed by atoms with van der Waals surface area (Å²) in [5.41, 5.74) is 13.5. The van der Waals surface area contributed by atoms with Crippen molar-refractivity contribution in [1.82, 2.24) is 0 Å². The van der Waals surface area contributed by atoms with Crippen LogP contribution in [0.15, 0.2) is 218 Å². The van der Waals surface area contributed by atoms with E-state index in [4.69, 9.17) is 0 Å². The first-order valence-electron chi connectivity index (χ1n) is 19.2. The number of hydrogen-bond donors (Lipinski definition) is 0. The number of fused-ring (bicyclic) bond motifs is 7. The van der Waals surface area contributed by atoms with Crippen LogP contribution in [-0.2, 0) is 5.41 Å². The highest BCUT2D eigenvalue weighted by molar-refractivity contribution is 7.26. The van der Waals surface area contributed by atoms with Crippen molar-refractivity contribution in [2.75, 3.05) is 4.90 Å². The van der Waals surface area contributed by atoms with Gasteiger partial charge in [-0.3, -0.25) is 0 Å². The van der Waals surface area contributed by atoms with Crippen molar-refractivity contribution in [2.24, 2.45) is 11.8 Å². The number of nitrogens with zero attached hydrogens (tertiary/aromatic N) is 1. The molecule has 0 spiro atoms. The average Bonchev–Trinajstić information content (AvgIpc) is 3.79. The summed E-state index contributed by atoms with van der Waals surface area (Å²) in [6.45, 7) is 0. The van der Waals surface area contributed by atoms with Crippen LogP contribution in [0.4, 0.5) is 11.4 Å². The minimum absolute atomic E-state index is 0.242. The Kier molecular flexibility index (Phi) is 7.46. The van der Waals surface area contributed by atoms with Crippen molar-refractivity contribution in [3.05, 3.63) is 240 Å². The minimum atomic E-state index is -0.429. The summed E-state index contributed by atoms with van der Waals surface area (Å²) in [5.74, 6) is 0.565. The predicted molar refractivity (Wildman–Crippen MR) is 233 cm³/mol. The van der Waals surface area contributed by atoms with Gasteiger partial charge in [-0.2, -0.15) is 0 Å². The van der Waals surface area contributed by atoms with Crippen molar-refractivity contribution in [2.45, 2.75) is 5.41 Å². The zero-order chi connectivity index (χ0) is 36.3. The summed E-state index contributed by atoms with van der Waals surface area (Å²) in [4.78, 5) is 2.48. The molecule has 2 atom stereocenters. The maximum Gasteiger partial charge on any atom is 0.0713 e. The molecule has 0 N–H and O–H groups in total. The van der Waals surface area contributed by atoms with Gasteiger partial charge in [-0.15, -0.1) is 11.3 Å². The van der Waals surface area contributed by atoms with E-state index in [1.807, 2.05) is 11.3 Å². The van der Waals surface area contributed by atoms with Gasteiger partial charge >= 0.3 is 0 Å². The Hall–Kier alpha value is -6.48. The van der Waals surface area contributed by atoms with Crippen LogP contribution in [0, 0.1) is 11.8 Å². The molecule has 11 rings (SSSR count). The van der Waals surface area contributed by atoms with Gasteiger partial charge < -0.3 is 4.90 Å². The Labute approximate surface area is 326 Å². The van der Waals surface area contributed by atoms with Crippen LogP contribution in [0.2, 0.25) is 0 Å². The molecule has 0 amide bonds. The zero-order valence-corrected chi connectivity index (χ0v) is 31.0. The molecule has 1 aromatic heterocycles. The van der Waals surface area contributed by atoms with E-state index >= 15 is 0 Å². The zero-order valence-electron chi connectivity index (χ0n) is 30.2. The van der Waals surface area contributed by atoms with Crippen LogP contribution in [0.5, 0.6) is 0 Å². The van der Waals surface area contributed by atoms with Crippen LogP contribution >= 0.6 is 11.3 Å². The lowest BCUT2D eigenvalue weighted by Crippen LogP contribution is -2.29. The van der Waals surface area contributed by atoms with Gasteiger partial charge in [0.2, 0.25) is 0 Å². The van der Waals surface area contributed by atoms with Crippen molar-refractivity contribution in [3.8, 4) is 22.3 Å². The van der Waals surface area contributed by atoms with Gasteiger partial charge in [0, 0.05) is 49.1 Å². The second-order valence-corrected chi connectivity index (χ2v) is 15.8. The van der Waals surface area contributed by atoms with E-state index in [2.05, 4.69) is 217 Å². The van der Waals surface area contributed by atoms with Crippen LogP contribution in [0.1, 0.15) is 22.3 Å². The van der Waals surface area contributed by atoms with Gasteiger partial charge in [0.15, 0.2) is 0 Å². The number of hydrogen-bond acceptors (Lipinski definition) is 2. The predicted octanol–water partition coefficient (Wildman–Crippen LogP) is 14.0. The second kappa shape index (κ2) is 12.8. The van der Waals surface area contributed by atoms with Gasteiger partial charge in [-0.25, -0.2) is 0 Å². The first kappa shape index (κ1) is 32.0. The SMILES string of the molecule is C1=CC2C=CC=C(N(c3ccc(-c4cccc5c4sc4ccccc45)cc3)c3ccc(C4(c5ccccc5)c5ccccc5-c5ccccc54)cc3)C2C=C1. The smallest absolute Gasteiger partial charge is 0.0713 e. The maximum atomic E-state index is 2.48. The second-order valence-electron chi connectivity index (χ2n) is 14.8. The fourth-order valence-electron chi connectivity index (χ4n) is 9.51. The highest BCUT2D eigenvalue weighted by Crippen LogP contribution is 2.56. The third-order valence-corrected chi connectivity index (χ3v) is 13.2. The normalized spacial score (nSPS) is 17.5. The van der Waals surface area contributed by atoms with E-state index in [1.165, 1.54) is 70.4 Å². The highest BCUT2D eigenvalue weighted by atomic mass is 32.1. The molecular formula is C53H37NS. The standard InChI is InChI=1S/C53H37NS/c1-2-16-38(17-3-1)53(48-24-9-6-19-44(48)45-20-7-10-25-49(45)53)39-30-34-41(35-31-39)54(50-26-12-15-36-14-4-5-18-42(36)50)40-32-28-37(29-33-40)43-22-13-23-47-46-21-8-11-27-51(46)55-52(43)47/h1-36,42H. The fraction of sp³-hybridized carbons (Fsp3) is 0.0566. The molecule has 0 fully saturated rings. The van der Waals surface area contributed by atoms with E-state index in [9.17, 15) is 0 Å². The summed E-state index contributed by atoms with van der Waals surface area (Å²) >= 11 is 1.89. The van der Waals surface area contributed by atoms with Crippen LogP contribution in [0.25, 0.3) is 42.4 Å². The number of rotatable bonds is 6. The highest BCUT2D eigenvalue weighted by Gasteiger charge is 2.45. The summed E-state index contributed by atoms with van der Waals surface area (Å²) in [5, 5.41) is 2.66. The Morgan fingerprint density at radius 2 is 1.04 bits per heavy atom. The van der Waals surface area contributed by atoms with Gasteiger partial charge in [0.05, 0.1) is 5.41 Å². The number of benzene rings is 7. The van der Waals surface area contributed by atoms with Gasteiger partial charge in [0.1, 0.15) is 0 Å². The van der Waals surface area contributed by atoms with Crippen molar-refractivity contribution in [3.63, 3.8) is 0 Å². The van der Waals surface area contributed by atoms with E-state index in [-0.39, 0.29) is 5.92 Å². The Balaban J connectivity index is 1.05. The fourth-order valence-corrected chi connectivity index (χ4v) is 10.7. The molecule has 1 heterocycles. The lowest BCUT2D eigenvalue weighted by molar-refractivity contribution is 0.612. The van der Waals surface area contributed by atoms with Crippen molar-refractivity contribution >= 4 is 42.9 Å². The van der Waals surface area contributed by atoms with Crippen molar-refractivity contribution < 1.29 is 0 Å². The first-order valence-corrected chi connectivity index (χ1v) is 20.0. The molecule has 55 heavy (non-hydrogen) atoms. The van der Waals surface area contributed by atoms with Gasteiger partial charge in [-0.1, -0.05) is 176 Å². The molecule has 7 aromatic carbocycles.